The summed E-state index contributed by atoms with van der Waals surface area (Å²) in [5.41, 5.74) is 2.28. The molecule has 0 amide bonds. The lowest BCUT2D eigenvalue weighted by molar-refractivity contribution is -0.152. The standard InChI is InChI=1S/C41H58O6/c1-28(18-14-20-30(3)22-36-37(6,7)25-34(46-32(5)42)26-39(36,10)45)16-12-13-17-29(2)19-15-21-31(4)35(44)27-41-38(8,9)23-33(43)24-40(41,11)47-41/h12-22,33-34,43,45H,23-27H2,1-11H3/b13-12+,18-14+,19-15+,28-16+,29-17+,30-20+,31-21+,36-22?/t33?,34?,39-,40?,41?/m0/s1. The van der Waals surface area contributed by atoms with Gasteiger partial charge in [-0.2, -0.15) is 0 Å². The number of aliphatic hydroxyl groups excluding tert-OH is 1. The maximum Gasteiger partial charge on any atom is 0.302 e. The van der Waals surface area contributed by atoms with Crippen LogP contribution in [-0.2, 0) is 19.1 Å². The SMILES string of the molecule is CC(=O)OC1CC(C)(C)C(=C/C(C)=C/C=C/C(C)=C/C=C/C=C(C)/C=C/C=C(\C)C(=O)CC23OC2(C)CC(O)CC3(C)C)[C@@](C)(O)C1. The summed E-state index contributed by atoms with van der Waals surface area (Å²) in [5, 5.41) is 21.5. The molecule has 6 heteroatoms. The van der Waals surface area contributed by atoms with Crippen molar-refractivity contribution in [3.8, 4) is 0 Å². The molecule has 2 aliphatic carbocycles. The molecule has 0 radical (unpaired) electrons. The largest absolute Gasteiger partial charge is 0.462 e. The summed E-state index contributed by atoms with van der Waals surface area (Å²) in [4.78, 5) is 24.6. The van der Waals surface area contributed by atoms with Gasteiger partial charge in [-0.3, -0.25) is 9.59 Å². The molecule has 0 aromatic carbocycles. The molecule has 4 unspecified atom stereocenters. The van der Waals surface area contributed by atoms with Crippen molar-refractivity contribution in [2.75, 3.05) is 0 Å². The average molecular weight is 647 g/mol. The highest BCUT2D eigenvalue weighted by atomic mass is 16.6. The van der Waals surface area contributed by atoms with Crippen LogP contribution >= 0.6 is 0 Å². The molecular weight excluding hydrogens is 588 g/mol. The maximum absolute atomic E-state index is 13.1. The van der Waals surface area contributed by atoms with Crippen LogP contribution in [0.15, 0.2) is 94.7 Å². The fourth-order valence-corrected chi connectivity index (χ4v) is 7.82. The van der Waals surface area contributed by atoms with E-state index >= 15 is 0 Å². The second-order valence-corrected chi connectivity index (χ2v) is 15.7. The number of allylic oxidation sites excluding steroid dienone is 15. The lowest BCUT2D eigenvalue weighted by atomic mass is 9.61. The quantitative estimate of drug-likeness (QED) is 0.101. The highest BCUT2D eigenvalue weighted by Crippen LogP contribution is 2.67. The number of epoxide rings is 1. The number of Topliss-reactive ketones (excluding diaryl/α,β-unsaturated/α-hetero) is 1. The van der Waals surface area contributed by atoms with Crippen molar-refractivity contribution in [1.82, 2.24) is 0 Å². The molecule has 1 aliphatic heterocycles. The average Bonchev–Trinajstić information content (AvgIpc) is 3.52. The van der Waals surface area contributed by atoms with Crippen molar-refractivity contribution >= 4 is 11.8 Å². The Morgan fingerprint density at radius 2 is 1.34 bits per heavy atom. The van der Waals surface area contributed by atoms with Gasteiger partial charge in [0.15, 0.2) is 5.78 Å². The first kappa shape index (κ1) is 38.4. The van der Waals surface area contributed by atoms with Gasteiger partial charge in [0.05, 0.1) is 17.3 Å². The molecule has 3 aliphatic rings. The third kappa shape index (κ3) is 9.52. The smallest absolute Gasteiger partial charge is 0.302 e. The number of ketones is 1. The molecule has 1 heterocycles. The zero-order chi connectivity index (χ0) is 35.4. The van der Waals surface area contributed by atoms with Crippen molar-refractivity contribution < 1.29 is 29.3 Å². The molecule has 2 saturated carbocycles. The number of hydrogen-bond donors (Lipinski definition) is 2. The summed E-state index contributed by atoms with van der Waals surface area (Å²) in [6.07, 6.45) is 23.9. The molecule has 0 aromatic rings. The Morgan fingerprint density at radius 1 is 0.787 bits per heavy atom. The third-order valence-electron chi connectivity index (χ3n) is 10.2. The number of aliphatic hydroxyl groups is 2. The summed E-state index contributed by atoms with van der Waals surface area (Å²) < 4.78 is 11.6. The highest BCUT2D eigenvalue weighted by Gasteiger charge is 2.76. The van der Waals surface area contributed by atoms with E-state index in [2.05, 4.69) is 33.8 Å². The minimum atomic E-state index is -1.05. The van der Waals surface area contributed by atoms with Gasteiger partial charge in [0.1, 0.15) is 11.7 Å². The first-order chi connectivity index (χ1) is 21.6. The van der Waals surface area contributed by atoms with E-state index in [0.29, 0.717) is 37.7 Å². The van der Waals surface area contributed by atoms with E-state index in [9.17, 15) is 19.8 Å². The normalized spacial score (nSPS) is 33.9. The minimum Gasteiger partial charge on any atom is -0.462 e. The minimum absolute atomic E-state index is 0.0822. The third-order valence-corrected chi connectivity index (χ3v) is 10.2. The van der Waals surface area contributed by atoms with Gasteiger partial charge < -0.3 is 19.7 Å². The molecule has 258 valence electrons. The zero-order valence-electron chi connectivity index (χ0n) is 30.6. The van der Waals surface area contributed by atoms with E-state index in [1.54, 1.807) is 6.92 Å². The maximum atomic E-state index is 13.1. The number of rotatable bonds is 11. The summed E-state index contributed by atoms with van der Waals surface area (Å²) in [6.45, 7) is 21.5. The van der Waals surface area contributed by atoms with Crippen LogP contribution in [0.25, 0.3) is 0 Å². The number of ether oxygens (including phenoxy) is 2. The van der Waals surface area contributed by atoms with E-state index < -0.39 is 16.8 Å². The number of carbonyl (C=O) groups excluding carboxylic acids is 2. The van der Waals surface area contributed by atoms with Gasteiger partial charge in [-0.05, 0) is 76.4 Å². The van der Waals surface area contributed by atoms with Crippen molar-refractivity contribution in [3.63, 3.8) is 0 Å². The summed E-state index contributed by atoms with van der Waals surface area (Å²) in [6, 6.07) is 0. The van der Waals surface area contributed by atoms with Crippen LogP contribution in [0.1, 0.15) is 108 Å². The zero-order valence-corrected chi connectivity index (χ0v) is 30.6. The molecule has 0 spiro atoms. The molecule has 3 fully saturated rings. The van der Waals surface area contributed by atoms with Crippen molar-refractivity contribution in [1.29, 1.82) is 0 Å². The van der Waals surface area contributed by atoms with E-state index in [1.807, 2.05) is 95.4 Å². The van der Waals surface area contributed by atoms with E-state index in [1.165, 1.54) is 6.92 Å². The van der Waals surface area contributed by atoms with Gasteiger partial charge in [-0.25, -0.2) is 0 Å². The van der Waals surface area contributed by atoms with E-state index in [-0.39, 0.29) is 34.8 Å². The number of fused-ring (bicyclic) bond motifs is 1. The molecule has 0 aromatic heterocycles. The van der Waals surface area contributed by atoms with Gasteiger partial charge in [-0.15, -0.1) is 0 Å². The van der Waals surface area contributed by atoms with E-state index in [4.69, 9.17) is 9.47 Å². The summed E-state index contributed by atoms with van der Waals surface area (Å²) in [7, 11) is 0. The van der Waals surface area contributed by atoms with Gasteiger partial charge in [0.25, 0.3) is 0 Å². The number of hydrogen-bond acceptors (Lipinski definition) is 6. The number of esters is 1. The van der Waals surface area contributed by atoms with Crippen LogP contribution in [0.2, 0.25) is 0 Å². The van der Waals surface area contributed by atoms with Crippen LogP contribution in [0, 0.1) is 10.8 Å². The lowest BCUT2D eigenvalue weighted by Gasteiger charge is -2.46. The Bertz CT molecular complexity index is 1440. The molecular formula is C41H58O6. The molecule has 1 saturated heterocycles. The molecule has 2 N–H and O–H groups in total. The van der Waals surface area contributed by atoms with Crippen molar-refractivity contribution in [2.24, 2.45) is 10.8 Å². The van der Waals surface area contributed by atoms with Crippen LogP contribution in [0.5, 0.6) is 0 Å². The van der Waals surface area contributed by atoms with Crippen LogP contribution in [0.4, 0.5) is 0 Å². The first-order valence-corrected chi connectivity index (χ1v) is 16.9. The lowest BCUT2D eigenvalue weighted by Crippen LogP contribution is -2.48. The highest BCUT2D eigenvalue weighted by molar-refractivity contribution is 5.96. The predicted molar refractivity (Wildman–Crippen MR) is 191 cm³/mol. The summed E-state index contributed by atoms with van der Waals surface area (Å²) in [5.74, 6) is -0.234. The molecule has 3 rings (SSSR count). The Hall–Kier alpha value is -3.06. The summed E-state index contributed by atoms with van der Waals surface area (Å²) >= 11 is 0. The Kier molecular flexibility index (Phi) is 11.9. The topological polar surface area (TPSA) is 96.4 Å². The second-order valence-electron chi connectivity index (χ2n) is 15.7. The number of carbonyl (C=O) groups is 2. The second kappa shape index (κ2) is 14.6. The monoisotopic (exact) mass is 646 g/mol. The van der Waals surface area contributed by atoms with Crippen LogP contribution in [-0.4, -0.2) is 51.0 Å². The Balaban J connectivity index is 1.54. The molecule has 6 nitrogen and oxygen atoms in total. The van der Waals surface area contributed by atoms with Gasteiger partial charge in [0, 0.05) is 26.2 Å². The fraction of sp³-hybridized carbons (Fsp3) is 0.561. The Morgan fingerprint density at radius 3 is 1.87 bits per heavy atom. The van der Waals surface area contributed by atoms with Crippen LogP contribution < -0.4 is 0 Å². The van der Waals surface area contributed by atoms with Gasteiger partial charge >= 0.3 is 5.97 Å². The first-order valence-electron chi connectivity index (χ1n) is 16.9. The van der Waals surface area contributed by atoms with Gasteiger partial charge in [-0.1, -0.05) is 111 Å². The Labute approximate surface area is 283 Å². The van der Waals surface area contributed by atoms with E-state index in [0.717, 1.165) is 22.3 Å². The molecule has 5 atom stereocenters. The predicted octanol–water partition coefficient (Wildman–Crippen LogP) is 8.54. The van der Waals surface area contributed by atoms with Crippen molar-refractivity contribution in [3.05, 3.63) is 94.7 Å². The molecule has 0 bridgehead atoms. The fourth-order valence-electron chi connectivity index (χ4n) is 7.82. The molecule has 47 heavy (non-hydrogen) atoms. The van der Waals surface area contributed by atoms with Crippen LogP contribution in [0.3, 0.4) is 0 Å². The van der Waals surface area contributed by atoms with Gasteiger partial charge in [0.2, 0.25) is 0 Å². The van der Waals surface area contributed by atoms with Crippen molar-refractivity contribution in [2.45, 2.75) is 137 Å².